The molecule has 0 bridgehead atoms. The van der Waals surface area contributed by atoms with Gasteiger partial charge in [0.2, 0.25) is 0 Å². The highest BCUT2D eigenvalue weighted by atomic mass is 16.4. The number of carboxylic acids is 1. The van der Waals surface area contributed by atoms with Crippen LogP contribution >= 0.6 is 0 Å². The summed E-state index contributed by atoms with van der Waals surface area (Å²) in [6, 6.07) is 8.42. The maximum Gasteiger partial charge on any atom is 0.303 e. The number of nitrogens with one attached hydrogen (secondary N) is 1. The molecule has 1 aromatic carbocycles. The lowest BCUT2D eigenvalue weighted by atomic mass is 9.69. The largest absolute Gasteiger partial charge is 0.481 e. The van der Waals surface area contributed by atoms with Crippen LogP contribution in [0.15, 0.2) is 24.3 Å². The first-order chi connectivity index (χ1) is 9.66. The first kappa shape index (κ1) is 13.2. The molecule has 0 radical (unpaired) electrons. The second kappa shape index (κ2) is 4.97. The lowest BCUT2D eigenvalue weighted by molar-refractivity contribution is -0.137. The topological polar surface area (TPSA) is 53.1 Å². The summed E-state index contributed by atoms with van der Waals surface area (Å²) < 4.78 is 0. The Bertz CT molecular complexity index is 643. The van der Waals surface area contributed by atoms with Crippen LogP contribution in [0.1, 0.15) is 50.3 Å². The van der Waals surface area contributed by atoms with Crippen LogP contribution in [0, 0.1) is 0 Å². The van der Waals surface area contributed by atoms with Crippen molar-refractivity contribution in [2.24, 2.45) is 0 Å². The predicted octanol–water partition coefficient (Wildman–Crippen LogP) is 4.02. The van der Waals surface area contributed by atoms with Crippen LogP contribution in [0.25, 0.3) is 10.9 Å². The van der Waals surface area contributed by atoms with E-state index in [0.29, 0.717) is 0 Å². The number of para-hydroxylation sites is 1. The van der Waals surface area contributed by atoms with E-state index in [4.69, 9.17) is 5.11 Å². The molecule has 3 heteroatoms. The molecule has 1 heterocycles. The number of aromatic amines is 1. The summed E-state index contributed by atoms with van der Waals surface area (Å²) in [4.78, 5) is 14.6. The van der Waals surface area contributed by atoms with Crippen LogP contribution in [-0.2, 0) is 16.6 Å². The first-order valence-corrected chi connectivity index (χ1v) is 7.48. The van der Waals surface area contributed by atoms with Crippen molar-refractivity contribution >= 4 is 16.9 Å². The van der Waals surface area contributed by atoms with Crippen LogP contribution in [0.5, 0.6) is 0 Å². The maximum absolute atomic E-state index is 11.0. The minimum atomic E-state index is -0.693. The van der Waals surface area contributed by atoms with Crippen molar-refractivity contribution in [3.05, 3.63) is 35.5 Å². The fourth-order valence-electron chi connectivity index (χ4n) is 3.77. The number of aromatic nitrogens is 1. The Labute approximate surface area is 119 Å². The number of rotatable bonds is 4. The quantitative estimate of drug-likeness (QED) is 0.882. The van der Waals surface area contributed by atoms with Crippen molar-refractivity contribution in [1.29, 1.82) is 0 Å². The highest BCUT2D eigenvalue weighted by Crippen LogP contribution is 2.45. The third kappa shape index (κ3) is 2.01. The van der Waals surface area contributed by atoms with Crippen molar-refractivity contribution < 1.29 is 9.90 Å². The monoisotopic (exact) mass is 271 g/mol. The molecule has 1 aromatic heterocycles. The van der Waals surface area contributed by atoms with Gasteiger partial charge in [-0.1, -0.05) is 25.1 Å². The number of hydrogen-bond acceptors (Lipinski definition) is 1. The molecule has 1 unspecified atom stereocenters. The van der Waals surface area contributed by atoms with E-state index in [2.05, 4.69) is 36.2 Å². The number of aliphatic carboxylic acids is 1. The number of benzene rings is 1. The zero-order valence-corrected chi connectivity index (χ0v) is 11.9. The molecular weight excluding hydrogens is 250 g/mol. The van der Waals surface area contributed by atoms with Crippen molar-refractivity contribution in [2.75, 3.05) is 0 Å². The zero-order valence-electron chi connectivity index (χ0n) is 11.9. The smallest absolute Gasteiger partial charge is 0.303 e. The molecule has 0 aliphatic heterocycles. The molecule has 20 heavy (non-hydrogen) atoms. The Morgan fingerprint density at radius 1 is 1.40 bits per heavy atom. The number of hydrogen-bond donors (Lipinski definition) is 2. The van der Waals surface area contributed by atoms with Crippen molar-refractivity contribution in [2.45, 2.75) is 50.9 Å². The van der Waals surface area contributed by atoms with Crippen LogP contribution in [0.4, 0.5) is 0 Å². The fraction of sp³-hybridized carbons (Fsp3) is 0.471. The molecule has 0 amide bonds. The van der Waals surface area contributed by atoms with E-state index in [9.17, 15) is 4.79 Å². The standard InChI is InChI=1S/C17H21NO2/c1-2-17(11-9-15(19)20)10-5-7-13-12-6-3-4-8-14(12)18-16(13)17/h3-4,6,8,18H,2,5,7,9-11H2,1H3,(H,19,20). The van der Waals surface area contributed by atoms with Gasteiger partial charge >= 0.3 is 5.97 Å². The van der Waals surface area contributed by atoms with E-state index in [1.165, 1.54) is 22.2 Å². The van der Waals surface area contributed by atoms with E-state index in [1.807, 2.05) is 0 Å². The molecule has 0 spiro atoms. The van der Waals surface area contributed by atoms with Gasteiger partial charge in [0.25, 0.3) is 0 Å². The third-order valence-electron chi connectivity index (χ3n) is 4.92. The summed E-state index contributed by atoms with van der Waals surface area (Å²) in [7, 11) is 0. The van der Waals surface area contributed by atoms with Gasteiger partial charge in [-0.25, -0.2) is 0 Å². The summed E-state index contributed by atoms with van der Waals surface area (Å²) in [6.45, 7) is 2.18. The van der Waals surface area contributed by atoms with Gasteiger partial charge < -0.3 is 10.1 Å². The molecule has 1 atom stereocenters. The SMILES string of the molecule is CCC1(CCC(=O)O)CCCc2c1[nH]c1ccccc21. The molecule has 106 valence electrons. The first-order valence-electron chi connectivity index (χ1n) is 7.48. The average Bonchev–Trinajstić information content (AvgIpc) is 2.85. The molecule has 2 N–H and O–H groups in total. The average molecular weight is 271 g/mol. The molecular formula is C17H21NO2. The highest BCUT2D eigenvalue weighted by Gasteiger charge is 2.37. The Morgan fingerprint density at radius 3 is 2.95 bits per heavy atom. The molecule has 0 saturated carbocycles. The lowest BCUT2D eigenvalue weighted by Gasteiger charge is -2.36. The number of carbonyl (C=O) groups is 1. The van der Waals surface area contributed by atoms with Crippen LogP contribution in [-0.4, -0.2) is 16.1 Å². The van der Waals surface area contributed by atoms with Gasteiger partial charge in [-0.3, -0.25) is 4.79 Å². The summed E-state index contributed by atoms with van der Waals surface area (Å²) >= 11 is 0. The lowest BCUT2D eigenvalue weighted by Crippen LogP contribution is -2.31. The minimum absolute atomic E-state index is 0.0188. The van der Waals surface area contributed by atoms with Gasteiger partial charge in [0.1, 0.15) is 0 Å². The number of H-pyrrole nitrogens is 1. The zero-order chi connectivity index (χ0) is 14.2. The Morgan fingerprint density at radius 2 is 2.20 bits per heavy atom. The summed E-state index contributed by atoms with van der Waals surface area (Å²) in [5.74, 6) is -0.693. The minimum Gasteiger partial charge on any atom is -0.481 e. The maximum atomic E-state index is 11.0. The normalized spacial score (nSPS) is 21.9. The van der Waals surface area contributed by atoms with Gasteiger partial charge in [0, 0.05) is 28.4 Å². The molecule has 3 nitrogen and oxygen atoms in total. The molecule has 1 aliphatic carbocycles. The van der Waals surface area contributed by atoms with Crippen LogP contribution in [0.3, 0.4) is 0 Å². The van der Waals surface area contributed by atoms with Crippen LogP contribution < -0.4 is 0 Å². The van der Waals surface area contributed by atoms with Gasteiger partial charge in [0.05, 0.1) is 0 Å². The molecule has 3 rings (SSSR count). The third-order valence-corrected chi connectivity index (χ3v) is 4.92. The summed E-state index contributed by atoms with van der Waals surface area (Å²) in [5, 5.41) is 10.3. The summed E-state index contributed by atoms with van der Waals surface area (Å²) in [6.07, 6.45) is 5.34. The van der Waals surface area contributed by atoms with Crippen molar-refractivity contribution in [3.63, 3.8) is 0 Å². The van der Waals surface area contributed by atoms with Gasteiger partial charge in [0.15, 0.2) is 0 Å². The Hall–Kier alpha value is -1.77. The number of carboxylic acid groups (broad SMARTS) is 1. The molecule has 2 aromatic rings. The highest BCUT2D eigenvalue weighted by molar-refractivity contribution is 5.85. The van der Waals surface area contributed by atoms with Gasteiger partial charge in [-0.15, -0.1) is 0 Å². The van der Waals surface area contributed by atoms with Gasteiger partial charge in [-0.2, -0.15) is 0 Å². The van der Waals surface area contributed by atoms with E-state index in [1.54, 1.807) is 0 Å². The predicted molar refractivity (Wildman–Crippen MR) is 80.1 cm³/mol. The fourth-order valence-corrected chi connectivity index (χ4v) is 3.77. The van der Waals surface area contributed by atoms with E-state index >= 15 is 0 Å². The second-order valence-corrected chi connectivity index (χ2v) is 5.91. The molecule has 0 saturated heterocycles. The summed E-state index contributed by atoms with van der Waals surface area (Å²) in [5.41, 5.74) is 3.92. The van der Waals surface area contributed by atoms with E-state index in [-0.39, 0.29) is 11.8 Å². The van der Waals surface area contributed by atoms with Crippen molar-refractivity contribution in [3.8, 4) is 0 Å². The molecule has 1 aliphatic rings. The molecule has 0 fully saturated rings. The second-order valence-electron chi connectivity index (χ2n) is 5.91. The van der Waals surface area contributed by atoms with Crippen LogP contribution in [0.2, 0.25) is 0 Å². The Kier molecular flexibility index (Phi) is 3.28. The van der Waals surface area contributed by atoms with Gasteiger partial charge in [-0.05, 0) is 43.7 Å². The number of fused-ring (bicyclic) bond motifs is 3. The Balaban J connectivity index is 2.09. The number of aryl methyl sites for hydroxylation is 1. The van der Waals surface area contributed by atoms with Crippen molar-refractivity contribution in [1.82, 2.24) is 4.98 Å². The van der Waals surface area contributed by atoms with E-state index in [0.717, 1.165) is 32.1 Å². The van der Waals surface area contributed by atoms with E-state index < -0.39 is 5.97 Å².